The Hall–Kier alpha value is -1.21. The van der Waals surface area contributed by atoms with Gasteiger partial charge >= 0.3 is 24.4 Å². The van der Waals surface area contributed by atoms with E-state index in [2.05, 4.69) is 4.74 Å². The molecule has 0 aliphatic heterocycles. The maximum Gasteiger partial charge on any atom is 0.466 e. The highest BCUT2D eigenvalue weighted by molar-refractivity contribution is 5.82. The summed E-state index contributed by atoms with van der Waals surface area (Å²) >= 11 is 0. The van der Waals surface area contributed by atoms with Crippen LogP contribution in [-0.4, -0.2) is 24.4 Å². The fourth-order valence-corrected chi connectivity index (χ4v) is 0.543. The zero-order valence-corrected chi connectivity index (χ0v) is 7.32. The molecule has 1 unspecified atom stereocenters. The molecule has 0 amide bonds. The smallest absolute Gasteiger partial charge is 0.412 e. The lowest BCUT2D eigenvalue weighted by atomic mass is 10.3. The quantitative estimate of drug-likeness (QED) is 0.427. The number of carbonyl (C=O) groups excluding carboxylic acids is 1. The van der Waals surface area contributed by atoms with Crippen LogP contribution in [0.1, 0.15) is 6.92 Å². The van der Waals surface area contributed by atoms with E-state index in [4.69, 9.17) is 0 Å². The number of allylic oxidation sites excluding steroid dienone is 1. The molecule has 0 saturated heterocycles. The van der Waals surface area contributed by atoms with Gasteiger partial charge < -0.3 is 4.74 Å². The van der Waals surface area contributed by atoms with Gasteiger partial charge in [-0.2, -0.15) is 17.6 Å². The SMILES string of the molecule is C/C=C/C(=O)OC(F)(C(F)F)C(F)(F)F. The van der Waals surface area contributed by atoms with E-state index in [0.717, 1.165) is 6.08 Å². The van der Waals surface area contributed by atoms with Crippen molar-refractivity contribution in [1.82, 2.24) is 0 Å². The van der Waals surface area contributed by atoms with E-state index in [1.165, 1.54) is 6.92 Å². The zero-order valence-electron chi connectivity index (χ0n) is 7.32. The standard InChI is InChI=1S/C7H6F6O2/c1-2-3-4(14)15-6(10,5(8)9)7(11,12)13/h2-3,5H,1H3/b3-2+. The van der Waals surface area contributed by atoms with Crippen molar-refractivity contribution in [3.63, 3.8) is 0 Å². The molecule has 0 aromatic heterocycles. The van der Waals surface area contributed by atoms with Crippen LogP contribution in [0.5, 0.6) is 0 Å². The predicted molar refractivity (Wildman–Crippen MR) is 36.8 cm³/mol. The molecular formula is C7H6F6O2. The number of halogens is 6. The van der Waals surface area contributed by atoms with Crippen molar-refractivity contribution in [3.8, 4) is 0 Å². The highest BCUT2D eigenvalue weighted by atomic mass is 19.4. The van der Waals surface area contributed by atoms with Crippen molar-refractivity contribution in [1.29, 1.82) is 0 Å². The first kappa shape index (κ1) is 13.8. The first-order valence-corrected chi connectivity index (χ1v) is 3.54. The molecule has 0 saturated carbocycles. The normalized spacial score (nSPS) is 16.8. The number of carbonyl (C=O) groups is 1. The molecule has 0 aromatic carbocycles. The van der Waals surface area contributed by atoms with Gasteiger partial charge in [0, 0.05) is 6.08 Å². The van der Waals surface area contributed by atoms with Crippen LogP contribution in [0.4, 0.5) is 26.3 Å². The van der Waals surface area contributed by atoms with Gasteiger partial charge in [-0.3, -0.25) is 0 Å². The van der Waals surface area contributed by atoms with Gasteiger partial charge in [0.25, 0.3) is 0 Å². The number of hydrogen-bond acceptors (Lipinski definition) is 2. The van der Waals surface area contributed by atoms with E-state index in [1.54, 1.807) is 0 Å². The van der Waals surface area contributed by atoms with Crippen LogP contribution in [0.25, 0.3) is 0 Å². The van der Waals surface area contributed by atoms with Crippen LogP contribution in [0.2, 0.25) is 0 Å². The molecule has 15 heavy (non-hydrogen) atoms. The van der Waals surface area contributed by atoms with Crippen molar-refractivity contribution >= 4 is 5.97 Å². The van der Waals surface area contributed by atoms with Gasteiger partial charge in [-0.25, -0.2) is 13.6 Å². The Morgan fingerprint density at radius 2 is 1.73 bits per heavy atom. The summed E-state index contributed by atoms with van der Waals surface area (Å²) in [6.07, 6.45) is -9.18. The van der Waals surface area contributed by atoms with Crippen LogP contribution < -0.4 is 0 Å². The summed E-state index contributed by atoms with van der Waals surface area (Å²) in [5.74, 6) is -7.11. The Bertz CT molecular complexity index is 259. The fourth-order valence-electron chi connectivity index (χ4n) is 0.543. The maximum absolute atomic E-state index is 12.6. The summed E-state index contributed by atoms with van der Waals surface area (Å²) in [7, 11) is 0. The van der Waals surface area contributed by atoms with Gasteiger partial charge in [0.1, 0.15) is 0 Å². The molecule has 0 rings (SSSR count). The van der Waals surface area contributed by atoms with Crippen LogP contribution in [0, 0.1) is 0 Å². The highest BCUT2D eigenvalue weighted by Gasteiger charge is 2.66. The molecule has 0 bridgehead atoms. The summed E-state index contributed by atoms with van der Waals surface area (Å²) in [5, 5.41) is 0. The number of hydrogen-bond donors (Lipinski definition) is 0. The van der Waals surface area contributed by atoms with Crippen molar-refractivity contribution in [2.75, 3.05) is 0 Å². The Kier molecular flexibility index (Phi) is 4.17. The summed E-state index contributed by atoms with van der Waals surface area (Å²) in [5.41, 5.74) is 0. The van der Waals surface area contributed by atoms with Gasteiger partial charge in [0.2, 0.25) is 0 Å². The molecule has 0 N–H and O–H groups in total. The van der Waals surface area contributed by atoms with Crippen LogP contribution in [0.15, 0.2) is 12.2 Å². The van der Waals surface area contributed by atoms with Gasteiger partial charge in [-0.05, 0) is 6.92 Å². The second-order valence-electron chi connectivity index (χ2n) is 2.36. The lowest BCUT2D eigenvalue weighted by Crippen LogP contribution is -2.50. The van der Waals surface area contributed by atoms with E-state index < -0.39 is 24.4 Å². The Balaban J connectivity index is 4.91. The summed E-state index contributed by atoms with van der Waals surface area (Å²) < 4.78 is 74.6. The molecule has 0 aliphatic carbocycles. The van der Waals surface area contributed by atoms with E-state index in [1.807, 2.05) is 0 Å². The van der Waals surface area contributed by atoms with Crippen LogP contribution in [-0.2, 0) is 9.53 Å². The fraction of sp³-hybridized carbons (Fsp3) is 0.571. The number of alkyl halides is 6. The van der Waals surface area contributed by atoms with Gasteiger partial charge in [-0.1, -0.05) is 6.08 Å². The molecule has 0 fully saturated rings. The van der Waals surface area contributed by atoms with Crippen LogP contribution in [0.3, 0.4) is 0 Å². The molecule has 88 valence electrons. The third kappa shape index (κ3) is 3.14. The van der Waals surface area contributed by atoms with Crippen molar-refractivity contribution in [2.24, 2.45) is 0 Å². The minimum absolute atomic E-state index is 0.391. The monoisotopic (exact) mass is 236 g/mol. The van der Waals surface area contributed by atoms with Crippen molar-refractivity contribution < 1.29 is 35.9 Å². The minimum Gasteiger partial charge on any atom is -0.412 e. The lowest BCUT2D eigenvalue weighted by Gasteiger charge is -2.25. The Labute approximate surface area is 80.5 Å². The highest BCUT2D eigenvalue weighted by Crippen LogP contribution is 2.39. The number of ether oxygens (including phenoxy) is 1. The second-order valence-corrected chi connectivity index (χ2v) is 2.36. The average Bonchev–Trinajstić information content (AvgIpc) is 2.01. The minimum atomic E-state index is -5.99. The number of rotatable bonds is 3. The van der Waals surface area contributed by atoms with E-state index >= 15 is 0 Å². The topological polar surface area (TPSA) is 26.3 Å². The molecular weight excluding hydrogens is 230 g/mol. The molecule has 0 spiro atoms. The van der Waals surface area contributed by atoms with Crippen LogP contribution >= 0.6 is 0 Å². The second kappa shape index (κ2) is 4.54. The molecule has 2 nitrogen and oxygen atoms in total. The summed E-state index contributed by atoms with van der Waals surface area (Å²) in [6.45, 7) is 1.22. The molecule has 1 atom stereocenters. The van der Waals surface area contributed by atoms with E-state index in [9.17, 15) is 31.1 Å². The van der Waals surface area contributed by atoms with Crippen molar-refractivity contribution in [2.45, 2.75) is 25.4 Å². The van der Waals surface area contributed by atoms with Crippen molar-refractivity contribution in [3.05, 3.63) is 12.2 Å². The molecule has 0 heterocycles. The van der Waals surface area contributed by atoms with Gasteiger partial charge in [0.05, 0.1) is 0 Å². The van der Waals surface area contributed by atoms with Gasteiger partial charge in [-0.15, -0.1) is 0 Å². The molecule has 8 heteroatoms. The Morgan fingerprint density at radius 1 is 1.27 bits per heavy atom. The zero-order chi connectivity index (χ0) is 12.3. The largest absolute Gasteiger partial charge is 0.466 e. The Morgan fingerprint density at radius 3 is 2.00 bits per heavy atom. The molecule has 0 aliphatic rings. The molecule has 0 aromatic rings. The third-order valence-electron chi connectivity index (χ3n) is 1.22. The number of esters is 1. The van der Waals surface area contributed by atoms with E-state index in [0.29, 0.717) is 6.08 Å². The third-order valence-corrected chi connectivity index (χ3v) is 1.22. The van der Waals surface area contributed by atoms with Gasteiger partial charge in [0.15, 0.2) is 0 Å². The predicted octanol–water partition coefficient (Wildman–Crippen LogP) is 2.60. The van der Waals surface area contributed by atoms with E-state index in [-0.39, 0.29) is 0 Å². The lowest BCUT2D eigenvalue weighted by molar-refractivity contribution is -0.354. The maximum atomic E-state index is 12.6. The molecule has 0 radical (unpaired) electrons. The first-order valence-electron chi connectivity index (χ1n) is 3.54. The first-order chi connectivity index (χ1) is 6.65. The summed E-state index contributed by atoms with van der Waals surface area (Å²) in [6, 6.07) is 0. The average molecular weight is 236 g/mol. The summed E-state index contributed by atoms with van der Waals surface area (Å²) in [4.78, 5) is 10.4.